The van der Waals surface area contributed by atoms with Crippen molar-refractivity contribution in [2.45, 2.75) is 11.7 Å². The van der Waals surface area contributed by atoms with Gasteiger partial charge in [-0.25, -0.2) is 0 Å². The Kier molecular flexibility index (Phi) is 5.14. The third-order valence-corrected chi connectivity index (χ3v) is 4.48. The average molecular weight is 383 g/mol. The monoisotopic (exact) mass is 382 g/mol. The zero-order valence-electron chi connectivity index (χ0n) is 13.5. The average Bonchev–Trinajstić information content (AvgIpc) is 2.65. The number of rotatable bonds is 3. The molecule has 0 radical (unpaired) electrons. The minimum absolute atomic E-state index is 0.0234. The van der Waals surface area contributed by atoms with Gasteiger partial charge in [-0.3, -0.25) is 14.9 Å². The number of nitriles is 1. The lowest BCUT2D eigenvalue weighted by molar-refractivity contribution is -0.137. The summed E-state index contributed by atoms with van der Waals surface area (Å²) in [5.41, 5.74) is -2.11. The first-order chi connectivity index (χ1) is 12.4. The first-order valence-corrected chi connectivity index (χ1v) is 8.16. The lowest BCUT2D eigenvalue weighted by atomic mass is 9.88. The third kappa shape index (κ3) is 3.26. The van der Waals surface area contributed by atoms with Gasteiger partial charge in [-0.15, -0.1) is 0 Å². The number of pyridine rings is 2. The Labute approximate surface area is 153 Å². The number of aromatic nitrogens is 2. The highest BCUT2D eigenvalue weighted by Crippen LogP contribution is 2.39. The summed E-state index contributed by atoms with van der Waals surface area (Å²) in [6.45, 7) is 1.55. The Balaban J connectivity index is 2.20. The van der Waals surface area contributed by atoms with Crippen molar-refractivity contribution in [2.75, 3.05) is 26.3 Å². The van der Waals surface area contributed by atoms with Crippen LogP contribution in [0.3, 0.4) is 0 Å². The van der Waals surface area contributed by atoms with E-state index in [1.807, 2.05) is 0 Å². The van der Waals surface area contributed by atoms with Gasteiger partial charge in [-0.2, -0.15) is 18.4 Å². The van der Waals surface area contributed by atoms with Crippen LogP contribution in [0.5, 0.6) is 0 Å². The second-order valence-corrected chi connectivity index (χ2v) is 6.10. The van der Waals surface area contributed by atoms with E-state index in [4.69, 9.17) is 16.3 Å². The number of hydrogen-bond acceptors (Lipinski definition) is 5. The summed E-state index contributed by atoms with van der Waals surface area (Å²) in [4.78, 5) is 9.98. The normalized spacial score (nSPS) is 18.1. The van der Waals surface area contributed by atoms with E-state index in [9.17, 15) is 18.4 Å². The lowest BCUT2D eigenvalue weighted by Crippen LogP contribution is -2.52. The maximum absolute atomic E-state index is 13.0. The molecule has 2 aromatic rings. The van der Waals surface area contributed by atoms with Crippen LogP contribution in [0.2, 0.25) is 5.02 Å². The van der Waals surface area contributed by atoms with Crippen LogP contribution in [0, 0.1) is 11.3 Å². The molecular weight excluding hydrogens is 369 g/mol. The third-order valence-electron chi connectivity index (χ3n) is 4.19. The maximum Gasteiger partial charge on any atom is 0.417 e. The highest BCUT2D eigenvalue weighted by Gasteiger charge is 2.46. The highest BCUT2D eigenvalue weighted by molar-refractivity contribution is 6.31. The van der Waals surface area contributed by atoms with Gasteiger partial charge in [-0.1, -0.05) is 17.7 Å². The summed E-state index contributed by atoms with van der Waals surface area (Å²) in [6.07, 6.45) is -2.37. The number of halogens is 4. The van der Waals surface area contributed by atoms with E-state index in [0.29, 0.717) is 38.2 Å². The Bertz CT molecular complexity index is 819. The molecule has 0 N–H and O–H groups in total. The molecule has 136 valence electrons. The summed E-state index contributed by atoms with van der Waals surface area (Å²) >= 11 is 6.17. The van der Waals surface area contributed by atoms with Gasteiger partial charge in [0, 0.05) is 25.5 Å². The van der Waals surface area contributed by atoms with Crippen LogP contribution in [0.4, 0.5) is 13.2 Å². The Morgan fingerprint density at radius 3 is 2.46 bits per heavy atom. The van der Waals surface area contributed by atoms with Crippen molar-refractivity contribution in [2.24, 2.45) is 0 Å². The summed E-state index contributed by atoms with van der Waals surface area (Å²) in [5.74, 6) is 0. The number of hydrogen-bond donors (Lipinski definition) is 0. The molecule has 1 saturated heterocycles. The molecule has 0 spiro atoms. The molecule has 0 unspecified atom stereocenters. The molecule has 2 aromatic heterocycles. The quantitative estimate of drug-likeness (QED) is 0.815. The van der Waals surface area contributed by atoms with Gasteiger partial charge in [-0.05, 0) is 18.2 Å². The van der Waals surface area contributed by atoms with Gasteiger partial charge in [0.1, 0.15) is 5.69 Å². The largest absolute Gasteiger partial charge is 0.417 e. The summed E-state index contributed by atoms with van der Waals surface area (Å²) in [5, 5.41) is 9.86. The van der Waals surface area contributed by atoms with E-state index in [1.54, 1.807) is 23.1 Å². The van der Waals surface area contributed by atoms with Crippen molar-refractivity contribution < 1.29 is 17.9 Å². The van der Waals surface area contributed by atoms with Crippen LogP contribution < -0.4 is 0 Å². The minimum atomic E-state index is -4.57. The van der Waals surface area contributed by atoms with Gasteiger partial charge < -0.3 is 4.74 Å². The minimum Gasteiger partial charge on any atom is -0.379 e. The van der Waals surface area contributed by atoms with Gasteiger partial charge in [0.15, 0.2) is 5.54 Å². The number of morpholine rings is 1. The highest BCUT2D eigenvalue weighted by atomic mass is 35.5. The van der Waals surface area contributed by atoms with Crippen molar-refractivity contribution in [1.29, 1.82) is 5.26 Å². The van der Waals surface area contributed by atoms with E-state index in [2.05, 4.69) is 16.0 Å². The second-order valence-electron chi connectivity index (χ2n) is 5.69. The fourth-order valence-corrected chi connectivity index (χ4v) is 3.25. The van der Waals surface area contributed by atoms with Gasteiger partial charge in [0.2, 0.25) is 0 Å². The first kappa shape index (κ1) is 18.6. The van der Waals surface area contributed by atoms with Crippen molar-refractivity contribution in [3.63, 3.8) is 0 Å². The zero-order chi connectivity index (χ0) is 18.8. The molecule has 9 heteroatoms. The molecule has 26 heavy (non-hydrogen) atoms. The van der Waals surface area contributed by atoms with Crippen LogP contribution in [0.1, 0.15) is 17.0 Å². The SMILES string of the molecule is N#C[C@@](c1ccccn1)(c1ncc(C(F)(F)F)cc1Cl)N1CCOCC1. The van der Waals surface area contributed by atoms with Crippen LogP contribution in [-0.2, 0) is 16.5 Å². The molecule has 1 aliphatic heterocycles. The second kappa shape index (κ2) is 7.19. The topological polar surface area (TPSA) is 62.0 Å². The predicted octanol–water partition coefficient (Wildman–Crippen LogP) is 3.25. The van der Waals surface area contributed by atoms with E-state index in [-0.39, 0.29) is 10.7 Å². The molecular formula is C17H14ClF3N4O. The van der Waals surface area contributed by atoms with Crippen LogP contribution in [0.15, 0.2) is 36.7 Å². The van der Waals surface area contributed by atoms with E-state index in [0.717, 1.165) is 6.07 Å². The van der Waals surface area contributed by atoms with E-state index in [1.165, 1.54) is 6.20 Å². The fraction of sp³-hybridized carbons (Fsp3) is 0.353. The smallest absolute Gasteiger partial charge is 0.379 e. The van der Waals surface area contributed by atoms with E-state index < -0.39 is 17.3 Å². The van der Waals surface area contributed by atoms with Crippen LogP contribution >= 0.6 is 11.6 Å². The van der Waals surface area contributed by atoms with Gasteiger partial charge in [0.25, 0.3) is 0 Å². The molecule has 1 aliphatic rings. The molecule has 3 heterocycles. The predicted molar refractivity (Wildman–Crippen MR) is 87.3 cm³/mol. The Hall–Kier alpha value is -2.21. The lowest BCUT2D eigenvalue weighted by Gasteiger charge is -2.40. The van der Waals surface area contributed by atoms with E-state index >= 15 is 0 Å². The summed E-state index contributed by atoms with van der Waals surface area (Å²) in [7, 11) is 0. The summed E-state index contributed by atoms with van der Waals surface area (Å²) < 4.78 is 44.2. The maximum atomic E-state index is 13.0. The molecule has 0 bridgehead atoms. The van der Waals surface area contributed by atoms with Crippen molar-refractivity contribution >= 4 is 11.6 Å². The molecule has 1 fully saturated rings. The van der Waals surface area contributed by atoms with Crippen LogP contribution in [0.25, 0.3) is 0 Å². The standard InChI is InChI=1S/C17H14ClF3N4O/c18-13-9-12(17(19,20)21)10-24-15(13)16(11-22,14-3-1-2-4-23-14)25-5-7-26-8-6-25/h1-4,9-10H,5-8H2/t16-/m1/s1. The molecule has 0 aromatic carbocycles. The number of ether oxygens (including phenoxy) is 1. The van der Waals surface area contributed by atoms with Crippen molar-refractivity contribution in [1.82, 2.24) is 14.9 Å². The summed E-state index contributed by atoms with van der Waals surface area (Å²) in [6, 6.07) is 8.01. The first-order valence-electron chi connectivity index (χ1n) is 7.78. The van der Waals surface area contributed by atoms with Gasteiger partial charge >= 0.3 is 6.18 Å². The molecule has 0 saturated carbocycles. The molecule has 0 aliphatic carbocycles. The van der Waals surface area contributed by atoms with Crippen molar-refractivity contribution in [3.8, 4) is 6.07 Å². The molecule has 0 amide bonds. The van der Waals surface area contributed by atoms with Gasteiger partial charge in [0.05, 0.1) is 35.6 Å². The Morgan fingerprint density at radius 2 is 1.92 bits per heavy atom. The number of nitrogens with zero attached hydrogens (tertiary/aromatic N) is 4. The van der Waals surface area contributed by atoms with Crippen LogP contribution in [-0.4, -0.2) is 41.2 Å². The molecule has 5 nitrogen and oxygen atoms in total. The van der Waals surface area contributed by atoms with Crippen molar-refractivity contribution in [3.05, 3.63) is 58.6 Å². The molecule has 1 atom stereocenters. The zero-order valence-corrected chi connectivity index (χ0v) is 14.3. The number of alkyl halides is 3. The Morgan fingerprint density at radius 1 is 1.19 bits per heavy atom. The molecule has 3 rings (SSSR count). The fourth-order valence-electron chi connectivity index (χ4n) is 2.95.